The normalized spacial score (nSPS) is 26.6. The molecule has 0 radical (unpaired) electrons. The highest BCUT2D eigenvalue weighted by Crippen LogP contribution is 2.42. The average Bonchev–Trinajstić information content (AvgIpc) is 3.22. The van der Waals surface area contributed by atoms with Crippen LogP contribution in [0.5, 0.6) is 0 Å². The summed E-state index contributed by atoms with van der Waals surface area (Å²) < 4.78 is 0. The Bertz CT molecular complexity index is 492. The fourth-order valence-corrected chi connectivity index (χ4v) is 3.60. The zero-order chi connectivity index (χ0) is 14.8. The highest BCUT2D eigenvalue weighted by molar-refractivity contribution is 5.79. The van der Waals surface area contributed by atoms with Crippen LogP contribution in [-0.2, 0) is 4.79 Å². The first-order valence-electron chi connectivity index (χ1n) is 8.26. The van der Waals surface area contributed by atoms with Gasteiger partial charge in [-0.2, -0.15) is 0 Å². The molecule has 114 valence electrons. The molecule has 0 aromatic heterocycles. The molecule has 1 aromatic carbocycles. The smallest absolute Gasteiger partial charge is 0.223 e. The van der Waals surface area contributed by atoms with Crippen molar-refractivity contribution in [2.45, 2.75) is 45.1 Å². The molecule has 2 aliphatic carbocycles. The van der Waals surface area contributed by atoms with Gasteiger partial charge in [0.15, 0.2) is 0 Å². The molecule has 3 atom stereocenters. The van der Waals surface area contributed by atoms with E-state index in [1.54, 1.807) is 0 Å². The number of hydrogen-bond acceptors (Lipinski definition) is 2. The summed E-state index contributed by atoms with van der Waals surface area (Å²) >= 11 is 0. The minimum Gasteiger partial charge on any atom is -0.349 e. The maximum atomic E-state index is 12.6. The second-order valence-corrected chi connectivity index (χ2v) is 6.77. The topological polar surface area (TPSA) is 55.1 Å². The van der Waals surface area contributed by atoms with E-state index in [4.69, 9.17) is 5.73 Å². The Kier molecular flexibility index (Phi) is 4.29. The number of hydrogen-bond donors (Lipinski definition) is 2. The summed E-state index contributed by atoms with van der Waals surface area (Å²) in [4.78, 5) is 12.6. The van der Waals surface area contributed by atoms with Crippen molar-refractivity contribution in [3.63, 3.8) is 0 Å². The lowest BCUT2D eigenvalue weighted by atomic mass is 9.93. The number of nitrogens with two attached hydrogens (primary N) is 1. The van der Waals surface area contributed by atoms with E-state index in [1.807, 2.05) is 0 Å². The number of nitrogens with one attached hydrogen (secondary N) is 1. The van der Waals surface area contributed by atoms with Crippen molar-refractivity contribution in [1.82, 2.24) is 5.32 Å². The number of carbonyl (C=O) groups excluding carboxylic acids is 1. The minimum atomic E-state index is 0.127. The van der Waals surface area contributed by atoms with Crippen LogP contribution in [0.1, 0.15) is 49.3 Å². The van der Waals surface area contributed by atoms with Gasteiger partial charge in [0.25, 0.3) is 0 Å². The van der Waals surface area contributed by atoms with E-state index in [2.05, 4.69) is 36.5 Å². The van der Waals surface area contributed by atoms with E-state index in [0.29, 0.717) is 18.4 Å². The third kappa shape index (κ3) is 3.29. The SMILES string of the molecule is Cc1ccc(C(NC(=O)[C@@H]2CCC[C@@H]2CN)C2CC2)cc1. The molecule has 1 amide bonds. The summed E-state index contributed by atoms with van der Waals surface area (Å²) in [6.07, 6.45) is 5.69. The van der Waals surface area contributed by atoms with Crippen molar-refractivity contribution in [3.05, 3.63) is 35.4 Å². The lowest BCUT2D eigenvalue weighted by Gasteiger charge is -2.24. The molecule has 2 aliphatic rings. The summed E-state index contributed by atoms with van der Waals surface area (Å²) in [7, 11) is 0. The van der Waals surface area contributed by atoms with Crippen molar-refractivity contribution in [1.29, 1.82) is 0 Å². The molecule has 0 heterocycles. The van der Waals surface area contributed by atoms with Gasteiger partial charge in [0.05, 0.1) is 6.04 Å². The van der Waals surface area contributed by atoms with E-state index >= 15 is 0 Å². The monoisotopic (exact) mass is 286 g/mol. The minimum absolute atomic E-state index is 0.127. The lowest BCUT2D eigenvalue weighted by Crippen LogP contribution is -2.38. The molecule has 1 aromatic rings. The number of aryl methyl sites for hydroxylation is 1. The van der Waals surface area contributed by atoms with Crippen molar-refractivity contribution in [3.8, 4) is 0 Å². The van der Waals surface area contributed by atoms with Gasteiger partial charge in [-0.05, 0) is 56.6 Å². The van der Waals surface area contributed by atoms with E-state index in [0.717, 1.165) is 19.3 Å². The van der Waals surface area contributed by atoms with Gasteiger partial charge in [0.2, 0.25) is 5.91 Å². The van der Waals surface area contributed by atoms with Crippen molar-refractivity contribution in [2.75, 3.05) is 6.54 Å². The predicted octanol–water partition coefficient (Wildman–Crippen LogP) is 2.94. The molecular weight excluding hydrogens is 260 g/mol. The lowest BCUT2D eigenvalue weighted by molar-refractivity contribution is -0.126. The molecule has 0 saturated heterocycles. The van der Waals surface area contributed by atoms with Crippen LogP contribution in [0.2, 0.25) is 0 Å². The Morgan fingerprint density at radius 1 is 1.24 bits per heavy atom. The van der Waals surface area contributed by atoms with E-state index < -0.39 is 0 Å². The Morgan fingerprint density at radius 3 is 2.57 bits per heavy atom. The van der Waals surface area contributed by atoms with E-state index in [-0.39, 0.29) is 17.9 Å². The molecule has 3 heteroatoms. The molecule has 3 N–H and O–H groups in total. The second-order valence-electron chi connectivity index (χ2n) is 6.77. The van der Waals surface area contributed by atoms with Crippen LogP contribution in [0, 0.1) is 24.7 Å². The maximum absolute atomic E-state index is 12.6. The molecule has 0 spiro atoms. The summed E-state index contributed by atoms with van der Waals surface area (Å²) in [5.74, 6) is 1.35. The Balaban J connectivity index is 1.70. The summed E-state index contributed by atoms with van der Waals surface area (Å²) in [5, 5.41) is 3.33. The predicted molar refractivity (Wildman–Crippen MR) is 84.7 cm³/mol. The summed E-state index contributed by atoms with van der Waals surface area (Å²) in [6.45, 7) is 2.73. The van der Waals surface area contributed by atoms with Crippen LogP contribution >= 0.6 is 0 Å². The van der Waals surface area contributed by atoms with Gasteiger partial charge in [0, 0.05) is 5.92 Å². The first kappa shape index (κ1) is 14.6. The quantitative estimate of drug-likeness (QED) is 0.874. The number of benzene rings is 1. The third-order valence-corrected chi connectivity index (χ3v) is 5.13. The molecule has 3 nitrogen and oxygen atoms in total. The largest absolute Gasteiger partial charge is 0.349 e. The van der Waals surface area contributed by atoms with Gasteiger partial charge >= 0.3 is 0 Å². The van der Waals surface area contributed by atoms with Gasteiger partial charge < -0.3 is 11.1 Å². The van der Waals surface area contributed by atoms with Gasteiger partial charge in [-0.25, -0.2) is 0 Å². The third-order valence-electron chi connectivity index (χ3n) is 5.13. The second kappa shape index (κ2) is 6.18. The average molecular weight is 286 g/mol. The zero-order valence-electron chi connectivity index (χ0n) is 12.8. The molecule has 2 fully saturated rings. The molecule has 2 saturated carbocycles. The standard InChI is InChI=1S/C18H26N2O/c1-12-5-7-13(8-6-12)17(14-9-10-14)20-18(21)16-4-2-3-15(16)11-19/h5-8,14-17H,2-4,9-11,19H2,1H3,(H,20,21)/t15-,16-,17?/m1/s1. The number of amides is 1. The van der Waals surface area contributed by atoms with Crippen molar-refractivity contribution < 1.29 is 4.79 Å². The summed E-state index contributed by atoms with van der Waals surface area (Å²) in [6, 6.07) is 8.78. The fourth-order valence-electron chi connectivity index (χ4n) is 3.60. The van der Waals surface area contributed by atoms with Crippen LogP contribution < -0.4 is 11.1 Å². The van der Waals surface area contributed by atoms with E-state index in [1.165, 1.54) is 24.0 Å². The fraction of sp³-hybridized carbons (Fsp3) is 0.611. The number of rotatable bonds is 5. The highest BCUT2D eigenvalue weighted by atomic mass is 16.2. The van der Waals surface area contributed by atoms with Crippen LogP contribution in [0.15, 0.2) is 24.3 Å². The van der Waals surface area contributed by atoms with Crippen LogP contribution in [0.25, 0.3) is 0 Å². The Morgan fingerprint density at radius 2 is 1.95 bits per heavy atom. The molecule has 0 aliphatic heterocycles. The molecule has 3 rings (SSSR count). The molecule has 0 bridgehead atoms. The first-order valence-corrected chi connectivity index (χ1v) is 8.26. The van der Waals surface area contributed by atoms with Crippen LogP contribution in [0.3, 0.4) is 0 Å². The Hall–Kier alpha value is -1.35. The highest BCUT2D eigenvalue weighted by Gasteiger charge is 2.37. The van der Waals surface area contributed by atoms with Crippen LogP contribution in [-0.4, -0.2) is 12.5 Å². The first-order chi connectivity index (χ1) is 10.2. The van der Waals surface area contributed by atoms with Gasteiger partial charge in [-0.3, -0.25) is 4.79 Å². The van der Waals surface area contributed by atoms with Crippen LogP contribution in [0.4, 0.5) is 0 Å². The van der Waals surface area contributed by atoms with E-state index in [9.17, 15) is 4.79 Å². The molecule has 21 heavy (non-hydrogen) atoms. The number of carbonyl (C=O) groups is 1. The van der Waals surface area contributed by atoms with Gasteiger partial charge in [-0.1, -0.05) is 36.2 Å². The molecule has 1 unspecified atom stereocenters. The van der Waals surface area contributed by atoms with Gasteiger partial charge in [-0.15, -0.1) is 0 Å². The molecular formula is C18H26N2O. The summed E-state index contributed by atoms with van der Waals surface area (Å²) in [5.41, 5.74) is 8.32. The van der Waals surface area contributed by atoms with Crippen molar-refractivity contribution in [2.24, 2.45) is 23.5 Å². The van der Waals surface area contributed by atoms with Gasteiger partial charge in [0.1, 0.15) is 0 Å². The zero-order valence-corrected chi connectivity index (χ0v) is 12.8. The van der Waals surface area contributed by atoms with Crippen molar-refractivity contribution >= 4 is 5.91 Å². The Labute approximate surface area is 127 Å². The maximum Gasteiger partial charge on any atom is 0.223 e.